The summed E-state index contributed by atoms with van der Waals surface area (Å²) in [5, 5.41) is 6.59. The Kier molecular flexibility index (Phi) is 4.84. The van der Waals surface area contributed by atoms with Crippen LogP contribution in [-0.4, -0.2) is 12.6 Å². The zero-order valence-corrected chi connectivity index (χ0v) is 13.9. The second-order valence-electron chi connectivity index (χ2n) is 5.49. The Labute approximate surface area is 135 Å². The third kappa shape index (κ3) is 3.79. The summed E-state index contributed by atoms with van der Waals surface area (Å²) in [5.41, 5.74) is 2.48. The molecule has 21 heavy (non-hydrogen) atoms. The van der Waals surface area contributed by atoms with Crippen LogP contribution in [0.4, 0.5) is 5.69 Å². The fourth-order valence-corrected chi connectivity index (χ4v) is 3.47. The van der Waals surface area contributed by atoms with Gasteiger partial charge in [-0.05, 0) is 43.3 Å². The number of hydrogen-bond donors (Lipinski definition) is 1. The Morgan fingerprint density at radius 3 is 2.81 bits per heavy atom. The number of anilines is 1. The van der Waals surface area contributed by atoms with E-state index in [0.29, 0.717) is 6.04 Å². The fraction of sp³-hybridized carbons (Fsp3) is 0.412. The molecule has 3 rings (SSSR count). The van der Waals surface area contributed by atoms with Crippen LogP contribution in [0.5, 0.6) is 0 Å². The Morgan fingerprint density at radius 2 is 2.14 bits per heavy atom. The molecule has 0 saturated heterocycles. The van der Waals surface area contributed by atoms with Crippen LogP contribution in [0.15, 0.2) is 35.7 Å². The van der Waals surface area contributed by atoms with Crippen LogP contribution in [0.2, 0.25) is 5.02 Å². The Morgan fingerprint density at radius 1 is 1.29 bits per heavy atom. The van der Waals surface area contributed by atoms with Gasteiger partial charge in [-0.3, -0.25) is 0 Å². The molecule has 0 bridgehead atoms. The molecule has 1 aliphatic carbocycles. The largest absolute Gasteiger partial charge is 0.366 e. The van der Waals surface area contributed by atoms with Crippen molar-refractivity contribution >= 4 is 28.6 Å². The lowest BCUT2D eigenvalue weighted by molar-refractivity contribution is 0.683. The van der Waals surface area contributed by atoms with Crippen molar-refractivity contribution in [2.75, 3.05) is 11.4 Å². The molecule has 0 spiro atoms. The van der Waals surface area contributed by atoms with E-state index in [2.05, 4.69) is 46.8 Å². The Bertz CT molecular complexity index is 578. The quantitative estimate of drug-likeness (QED) is 0.797. The summed E-state index contributed by atoms with van der Waals surface area (Å²) >= 11 is 8.26. The van der Waals surface area contributed by atoms with Crippen molar-refractivity contribution < 1.29 is 0 Å². The number of hydrogen-bond acceptors (Lipinski definition) is 3. The lowest BCUT2D eigenvalue weighted by Crippen LogP contribution is -2.25. The third-order valence-electron chi connectivity index (χ3n) is 3.89. The van der Waals surface area contributed by atoms with Crippen molar-refractivity contribution in [1.29, 1.82) is 0 Å². The Balaban J connectivity index is 1.81. The van der Waals surface area contributed by atoms with Gasteiger partial charge in [-0.25, -0.2) is 0 Å². The van der Waals surface area contributed by atoms with Crippen LogP contribution >= 0.6 is 22.9 Å². The molecule has 2 aromatic rings. The van der Waals surface area contributed by atoms with Gasteiger partial charge in [-0.15, -0.1) is 11.3 Å². The molecule has 0 aliphatic heterocycles. The third-order valence-corrected chi connectivity index (χ3v) is 5.10. The van der Waals surface area contributed by atoms with Gasteiger partial charge in [-0.2, -0.15) is 0 Å². The molecule has 1 fully saturated rings. The summed E-state index contributed by atoms with van der Waals surface area (Å²) in [4.78, 5) is 3.79. The molecule has 0 radical (unpaired) electrons. The van der Waals surface area contributed by atoms with Crippen LogP contribution in [0, 0.1) is 0 Å². The smallest absolute Gasteiger partial charge is 0.0522 e. The highest BCUT2D eigenvalue weighted by molar-refractivity contribution is 7.09. The van der Waals surface area contributed by atoms with Gasteiger partial charge in [0.25, 0.3) is 0 Å². The second-order valence-corrected chi connectivity index (χ2v) is 6.93. The molecule has 0 amide bonds. The van der Waals surface area contributed by atoms with Crippen LogP contribution in [0.1, 0.15) is 30.2 Å². The maximum atomic E-state index is 6.45. The summed E-state index contributed by atoms with van der Waals surface area (Å²) < 4.78 is 0. The highest BCUT2D eigenvalue weighted by Crippen LogP contribution is 2.30. The first-order valence-corrected chi connectivity index (χ1v) is 8.81. The SMILES string of the molecule is CCN(Cc1cccs1)c1cccc(Cl)c1CNC1CC1. The van der Waals surface area contributed by atoms with Crippen molar-refractivity contribution in [1.82, 2.24) is 5.32 Å². The van der Waals surface area contributed by atoms with Crippen molar-refractivity contribution in [3.8, 4) is 0 Å². The van der Waals surface area contributed by atoms with Crippen molar-refractivity contribution in [2.24, 2.45) is 0 Å². The van der Waals surface area contributed by atoms with E-state index in [1.165, 1.54) is 29.0 Å². The van der Waals surface area contributed by atoms with E-state index in [1.807, 2.05) is 17.4 Å². The van der Waals surface area contributed by atoms with Gasteiger partial charge < -0.3 is 10.2 Å². The first-order chi connectivity index (χ1) is 10.3. The molecule has 1 aliphatic rings. The minimum Gasteiger partial charge on any atom is -0.366 e. The molecule has 0 unspecified atom stereocenters. The molecule has 1 aromatic carbocycles. The van der Waals surface area contributed by atoms with Gasteiger partial charge in [0, 0.05) is 40.3 Å². The average Bonchev–Trinajstić information content (AvgIpc) is 3.18. The Hall–Kier alpha value is -1.03. The van der Waals surface area contributed by atoms with E-state index in [0.717, 1.165) is 24.7 Å². The van der Waals surface area contributed by atoms with Crippen molar-refractivity contribution in [3.63, 3.8) is 0 Å². The van der Waals surface area contributed by atoms with Gasteiger partial charge >= 0.3 is 0 Å². The molecule has 1 saturated carbocycles. The van der Waals surface area contributed by atoms with E-state index in [9.17, 15) is 0 Å². The minimum absolute atomic E-state index is 0.696. The summed E-state index contributed by atoms with van der Waals surface area (Å²) in [5.74, 6) is 0. The minimum atomic E-state index is 0.696. The van der Waals surface area contributed by atoms with Crippen LogP contribution in [-0.2, 0) is 13.1 Å². The normalized spacial score (nSPS) is 14.4. The number of halogens is 1. The molecule has 2 nitrogen and oxygen atoms in total. The molecule has 0 atom stereocenters. The molecule has 1 heterocycles. The molecule has 1 aromatic heterocycles. The summed E-state index contributed by atoms with van der Waals surface area (Å²) in [6.45, 7) is 4.99. The van der Waals surface area contributed by atoms with E-state index >= 15 is 0 Å². The van der Waals surface area contributed by atoms with Gasteiger partial charge in [0.2, 0.25) is 0 Å². The van der Waals surface area contributed by atoms with E-state index in [1.54, 1.807) is 0 Å². The highest BCUT2D eigenvalue weighted by Gasteiger charge is 2.22. The lowest BCUT2D eigenvalue weighted by Gasteiger charge is -2.26. The predicted octanol–water partition coefficient (Wildman–Crippen LogP) is 4.68. The number of thiophene rings is 1. The maximum absolute atomic E-state index is 6.45. The van der Waals surface area contributed by atoms with Crippen LogP contribution in [0.25, 0.3) is 0 Å². The maximum Gasteiger partial charge on any atom is 0.0522 e. The number of benzene rings is 1. The first-order valence-electron chi connectivity index (χ1n) is 7.56. The topological polar surface area (TPSA) is 15.3 Å². The summed E-state index contributed by atoms with van der Waals surface area (Å²) in [6.07, 6.45) is 2.60. The zero-order valence-electron chi connectivity index (χ0n) is 12.3. The highest BCUT2D eigenvalue weighted by atomic mass is 35.5. The fourth-order valence-electron chi connectivity index (χ4n) is 2.51. The number of rotatable bonds is 7. The van der Waals surface area contributed by atoms with Gasteiger partial charge in [0.15, 0.2) is 0 Å². The van der Waals surface area contributed by atoms with Gasteiger partial charge in [0.1, 0.15) is 0 Å². The van der Waals surface area contributed by atoms with E-state index in [-0.39, 0.29) is 0 Å². The monoisotopic (exact) mass is 320 g/mol. The zero-order chi connectivity index (χ0) is 14.7. The van der Waals surface area contributed by atoms with Crippen LogP contribution < -0.4 is 10.2 Å². The summed E-state index contributed by atoms with van der Waals surface area (Å²) in [6, 6.07) is 11.2. The van der Waals surface area contributed by atoms with Crippen LogP contribution in [0.3, 0.4) is 0 Å². The number of nitrogens with one attached hydrogen (secondary N) is 1. The molecule has 1 N–H and O–H groups in total. The molecule has 112 valence electrons. The van der Waals surface area contributed by atoms with E-state index in [4.69, 9.17) is 11.6 Å². The predicted molar refractivity (Wildman–Crippen MR) is 92.4 cm³/mol. The first kappa shape index (κ1) is 14.9. The summed E-state index contributed by atoms with van der Waals surface area (Å²) in [7, 11) is 0. The lowest BCUT2D eigenvalue weighted by atomic mass is 10.1. The molecule has 4 heteroatoms. The van der Waals surface area contributed by atoms with Crippen molar-refractivity contribution in [3.05, 3.63) is 51.2 Å². The van der Waals surface area contributed by atoms with Gasteiger partial charge in [0.05, 0.1) is 6.54 Å². The average molecular weight is 321 g/mol. The molecular weight excluding hydrogens is 300 g/mol. The number of nitrogens with zero attached hydrogens (tertiary/aromatic N) is 1. The van der Waals surface area contributed by atoms with Gasteiger partial charge in [-0.1, -0.05) is 23.7 Å². The second kappa shape index (κ2) is 6.82. The van der Waals surface area contributed by atoms with E-state index < -0.39 is 0 Å². The standard InChI is InChI=1S/C17H21ClN2S/c1-2-20(12-14-5-4-10-21-14)17-7-3-6-16(18)15(17)11-19-13-8-9-13/h3-7,10,13,19H,2,8-9,11-12H2,1H3. The van der Waals surface area contributed by atoms with Crippen molar-refractivity contribution in [2.45, 2.75) is 38.9 Å². The molecular formula is C17H21ClN2S.